The first-order valence-corrected chi connectivity index (χ1v) is 13.4. The average molecular weight is 638 g/mol. The highest BCUT2D eigenvalue weighted by Crippen LogP contribution is 2.36. The molecule has 2 saturated heterocycles. The van der Waals surface area contributed by atoms with Crippen LogP contribution in [0.15, 0.2) is 36.4 Å². The molecule has 0 spiro atoms. The van der Waals surface area contributed by atoms with Crippen molar-refractivity contribution in [2.24, 2.45) is 0 Å². The molecule has 1 atom stereocenters. The molecule has 3 heterocycles. The van der Waals surface area contributed by atoms with Crippen molar-refractivity contribution < 1.29 is 54.6 Å². The number of carbonyl (C=O) groups is 2. The largest absolute Gasteiger partial charge is 0.491 e. The Labute approximate surface area is 242 Å². The molecule has 2 aromatic carbocycles. The Balaban J connectivity index is 1.43. The summed E-state index contributed by atoms with van der Waals surface area (Å²) in [5.41, 5.74) is 0.912. The first kappa shape index (κ1) is 30.7. The highest BCUT2D eigenvalue weighted by Gasteiger charge is 2.53. The lowest BCUT2D eigenvalue weighted by atomic mass is 10.1. The Morgan fingerprint density at radius 1 is 1.12 bits per heavy atom. The van der Waals surface area contributed by atoms with Crippen LogP contribution in [0.5, 0.6) is 0 Å². The van der Waals surface area contributed by atoms with Gasteiger partial charge >= 0.3 is 30.3 Å². The number of thiazole rings is 1. The number of hydroxylamine groups is 1. The summed E-state index contributed by atoms with van der Waals surface area (Å²) in [6.45, 7) is 3.24. The van der Waals surface area contributed by atoms with Crippen molar-refractivity contribution in [2.75, 3.05) is 44.3 Å². The minimum atomic E-state index is -5.46. The molecule has 0 aliphatic carbocycles. The SMILES string of the molecule is O=C1NC(OC(=O)C(F)(F)F)(c2ccc(CN(CCN3CCOCC3)c3nc4ccc(C(F)(F)F)cc4s3)cc2F)NO1. The Bertz CT molecular complexity index is 1510. The maximum atomic E-state index is 15.4. The lowest BCUT2D eigenvalue weighted by Crippen LogP contribution is -2.52. The van der Waals surface area contributed by atoms with E-state index in [0.29, 0.717) is 60.3 Å². The predicted molar refractivity (Wildman–Crippen MR) is 136 cm³/mol. The van der Waals surface area contributed by atoms with Gasteiger partial charge in [0.15, 0.2) is 5.13 Å². The van der Waals surface area contributed by atoms with Gasteiger partial charge < -0.3 is 19.2 Å². The summed E-state index contributed by atoms with van der Waals surface area (Å²) in [6.07, 6.45) is -11.3. The molecular formula is C25H22F7N5O5S. The minimum Gasteiger partial charge on any atom is -0.411 e. The zero-order chi connectivity index (χ0) is 31.0. The number of fused-ring (bicyclic) bond motifs is 1. The number of anilines is 1. The van der Waals surface area contributed by atoms with Gasteiger partial charge in [-0.25, -0.2) is 19.0 Å². The zero-order valence-electron chi connectivity index (χ0n) is 21.9. The first-order valence-electron chi connectivity index (χ1n) is 12.6. The molecule has 2 N–H and O–H groups in total. The van der Waals surface area contributed by atoms with Crippen molar-refractivity contribution in [3.63, 3.8) is 0 Å². The van der Waals surface area contributed by atoms with Crippen molar-refractivity contribution in [1.82, 2.24) is 20.7 Å². The number of hydrogen-bond donors (Lipinski definition) is 2. The van der Waals surface area contributed by atoms with Gasteiger partial charge in [-0.05, 0) is 35.9 Å². The van der Waals surface area contributed by atoms with E-state index in [2.05, 4.69) is 19.5 Å². The molecule has 232 valence electrons. The van der Waals surface area contributed by atoms with Crippen molar-refractivity contribution in [3.8, 4) is 0 Å². The predicted octanol–water partition coefficient (Wildman–Crippen LogP) is 4.25. The van der Waals surface area contributed by atoms with Crippen molar-refractivity contribution in [1.29, 1.82) is 0 Å². The molecule has 2 aliphatic rings. The second kappa shape index (κ2) is 11.7. The molecule has 2 aliphatic heterocycles. The Kier molecular flexibility index (Phi) is 8.39. The van der Waals surface area contributed by atoms with E-state index < -0.39 is 47.2 Å². The first-order chi connectivity index (χ1) is 20.2. The van der Waals surface area contributed by atoms with Crippen LogP contribution in [0.3, 0.4) is 0 Å². The molecule has 3 aromatic rings. The number of rotatable bonds is 8. The summed E-state index contributed by atoms with van der Waals surface area (Å²) in [5.74, 6) is -6.67. The lowest BCUT2D eigenvalue weighted by molar-refractivity contribution is -0.225. The summed E-state index contributed by atoms with van der Waals surface area (Å²) in [7, 11) is 0. The number of halogens is 7. The highest BCUT2D eigenvalue weighted by molar-refractivity contribution is 7.22. The monoisotopic (exact) mass is 637 g/mol. The number of esters is 1. The Morgan fingerprint density at radius 2 is 1.86 bits per heavy atom. The quantitative estimate of drug-likeness (QED) is 0.277. The molecular weight excluding hydrogens is 615 g/mol. The van der Waals surface area contributed by atoms with Crippen molar-refractivity contribution in [3.05, 3.63) is 58.9 Å². The van der Waals surface area contributed by atoms with Gasteiger partial charge in [-0.1, -0.05) is 22.9 Å². The number of amides is 1. The molecule has 18 heteroatoms. The van der Waals surface area contributed by atoms with Crippen molar-refractivity contribution >= 4 is 38.7 Å². The molecule has 1 unspecified atom stereocenters. The van der Waals surface area contributed by atoms with Gasteiger partial charge in [-0.3, -0.25) is 10.2 Å². The van der Waals surface area contributed by atoms with Crippen LogP contribution >= 0.6 is 11.3 Å². The second-order valence-electron chi connectivity index (χ2n) is 9.55. The summed E-state index contributed by atoms with van der Waals surface area (Å²) in [6, 6.07) is 6.48. The van der Waals surface area contributed by atoms with Crippen LogP contribution in [0, 0.1) is 5.82 Å². The van der Waals surface area contributed by atoms with Crippen LogP contribution in [0.1, 0.15) is 16.7 Å². The van der Waals surface area contributed by atoms with Gasteiger partial charge in [0, 0.05) is 32.7 Å². The molecule has 0 bridgehead atoms. The molecule has 43 heavy (non-hydrogen) atoms. The van der Waals surface area contributed by atoms with Gasteiger partial charge in [-0.2, -0.15) is 26.3 Å². The summed E-state index contributed by atoms with van der Waals surface area (Å²) >= 11 is 1.02. The number of aromatic nitrogens is 1. The number of carbonyl (C=O) groups excluding carboxylic acids is 2. The molecule has 2 fully saturated rings. The highest BCUT2D eigenvalue weighted by atomic mass is 32.1. The maximum absolute atomic E-state index is 15.4. The Hall–Kier alpha value is -3.74. The molecule has 0 radical (unpaired) electrons. The standard InChI is InChI=1S/C25H22F7N5O5S/c26-17-11-14(1-3-16(17)25(34-22(39)42-35-25)41-20(38)24(30,31)32)13-37(6-5-36-7-9-40-10-8-36)21-33-18-4-2-15(23(27,28)29)12-19(18)43-21/h1-4,11-12,35H,5-10,13H2,(H,34,39). The number of nitrogens with one attached hydrogen (secondary N) is 2. The second-order valence-corrected chi connectivity index (χ2v) is 10.6. The van der Waals surface area contributed by atoms with Gasteiger partial charge in [0.2, 0.25) is 0 Å². The van der Waals surface area contributed by atoms with E-state index in [0.717, 1.165) is 35.6 Å². The number of morpholine rings is 1. The number of ether oxygens (including phenoxy) is 2. The van der Waals surface area contributed by atoms with E-state index in [9.17, 15) is 35.9 Å². The van der Waals surface area contributed by atoms with E-state index in [4.69, 9.17) is 4.74 Å². The van der Waals surface area contributed by atoms with E-state index >= 15 is 4.39 Å². The molecule has 5 rings (SSSR count). The van der Waals surface area contributed by atoms with Gasteiger partial charge in [0.05, 0.1) is 34.6 Å². The van der Waals surface area contributed by atoms with Crippen LogP contribution in [-0.2, 0) is 37.7 Å². The van der Waals surface area contributed by atoms with Gasteiger partial charge in [0.1, 0.15) is 5.82 Å². The normalized spacial score (nSPS) is 19.7. The van der Waals surface area contributed by atoms with Crippen LogP contribution in [0.4, 0.5) is 40.7 Å². The third-order valence-electron chi connectivity index (χ3n) is 6.59. The van der Waals surface area contributed by atoms with Crippen LogP contribution < -0.4 is 15.7 Å². The molecule has 1 aromatic heterocycles. The van der Waals surface area contributed by atoms with Crippen molar-refractivity contribution in [2.45, 2.75) is 24.7 Å². The third-order valence-corrected chi connectivity index (χ3v) is 7.67. The van der Waals surface area contributed by atoms with Gasteiger partial charge in [0.25, 0.3) is 0 Å². The third kappa shape index (κ3) is 6.92. The van der Waals surface area contributed by atoms with E-state index in [1.165, 1.54) is 12.1 Å². The fourth-order valence-corrected chi connectivity index (χ4v) is 5.48. The zero-order valence-corrected chi connectivity index (χ0v) is 22.7. The lowest BCUT2D eigenvalue weighted by Gasteiger charge is -2.30. The number of alkyl halides is 6. The summed E-state index contributed by atoms with van der Waals surface area (Å²) in [4.78, 5) is 35.9. The average Bonchev–Trinajstić information content (AvgIpc) is 3.53. The van der Waals surface area contributed by atoms with Crippen LogP contribution in [0.2, 0.25) is 0 Å². The fraction of sp³-hybridized carbons (Fsp3) is 0.400. The van der Waals surface area contributed by atoms with Crippen LogP contribution in [0.25, 0.3) is 10.2 Å². The van der Waals surface area contributed by atoms with E-state index in [-0.39, 0.29) is 6.54 Å². The smallest absolute Gasteiger partial charge is 0.411 e. The number of hydrogen-bond acceptors (Lipinski definition) is 10. The maximum Gasteiger partial charge on any atom is 0.491 e. The van der Waals surface area contributed by atoms with E-state index in [1.807, 2.05) is 5.32 Å². The molecule has 0 saturated carbocycles. The van der Waals surface area contributed by atoms with Gasteiger partial charge in [-0.15, -0.1) is 0 Å². The minimum absolute atomic E-state index is 0.000877. The number of benzene rings is 2. The summed E-state index contributed by atoms with van der Waals surface area (Å²) < 4.78 is 104. The fourth-order valence-electron chi connectivity index (χ4n) is 4.45. The Morgan fingerprint density at radius 3 is 2.49 bits per heavy atom. The number of nitrogens with zero attached hydrogens (tertiary/aromatic N) is 3. The summed E-state index contributed by atoms with van der Waals surface area (Å²) in [5, 5.41) is 2.19. The van der Waals surface area contributed by atoms with Crippen LogP contribution in [-0.4, -0.2) is 67.5 Å². The molecule has 10 nitrogen and oxygen atoms in total. The van der Waals surface area contributed by atoms with E-state index in [1.54, 1.807) is 10.4 Å². The topological polar surface area (TPSA) is 105 Å². The molecule has 1 amide bonds.